The largest absolute Gasteiger partial charge is 0.366 e. The van der Waals surface area contributed by atoms with E-state index >= 15 is 0 Å². The normalized spacial score (nSPS) is 10.1. The summed E-state index contributed by atoms with van der Waals surface area (Å²) in [5.41, 5.74) is 0.0546. The molecule has 1 heterocycles. The summed E-state index contributed by atoms with van der Waals surface area (Å²) < 4.78 is 0. The number of carbonyl (C=O) groups excluding carboxylic acids is 2. The number of hydrogen-bond donors (Lipinski definition) is 3. The standard InChI is InChI=1S/C14H11Cl2N3O3/c15-9-2-1-8(5-10(9)16)14(22)18-7-13(21)19-11-6-17-4-3-12(11)20/h1-6H,7H2,(H,17,20)(H,18,22)(H,19,21). The molecule has 0 saturated heterocycles. The lowest BCUT2D eigenvalue weighted by molar-refractivity contribution is -0.115. The number of nitrogens with one attached hydrogen (secondary N) is 3. The molecule has 0 aliphatic heterocycles. The van der Waals surface area contributed by atoms with Gasteiger partial charge in [0.1, 0.15) is 5.69 Å². The lowest BCUT2D eigenvalue weighted by Crippen LogP contribution is -2.33. The highest BCUT2D eigenvalue weighted by molar-refractivity contribution is 6.42. The third kappa shape index (κ3) is 4.09. The highest BCUT2D eigenvalue weighted by Crippen LogP contribution is 2.22. The first-order valence-electron chi connectivity index (χ1n) is 6.17. The number of rotatable bonds is 4. The Hall–Kier alpha value is -2.31. The van der Waals surface area contributed by atoms with E-state index in [-0.39, 0.29) is 28.2 Å². The van der Waals surface area contributed by atoms with Gasteiger partial charge in [-0.3, -0.25) is 14.4 Å². The molecule has 1 aromatic carbocycles. The SMILES string of the molecule is O=C(CNC(=O)c1ccc(Cl)c(Cl)c1)Nc1c[nH]ccc1=O. The first-order valence-corrected chi connectivity index (χ1v) is 6.93. The molecule has 0 radical (unpaired) electrons. The molecular weight excluding hydrogens is 329 g/mol. The summed E-state index contributed by atoms with van der Waals surface area (Å²) in [7, 11) is 0. The topological polar surface area (TPSA) is 91.1 Å². The van der Waals surface area contributed by atoms with Gasteiger partial charge in [-0.2, -0.15) is 0 Å². The van der Waals surface area contributed by atoms with Gasteiger partial charge in [0, 0.05) is 24.0 Å². The van der Waals surface area contributed by atoms with E-state index < -0.39 is 11.8 Å². The predicted octanol–water partition coefficient (Wildman–Crippen LogP) is 2.05. The van der Waals surface area contributed by atoms with Crippen LogP contribution in [0.2, 0.25) is 10.0 Å². The third-order valence-corrected chi connectivity index (χ3v) is 3.43. The second kappa shape index (κ2) is 7.11. The van der Waals surface area contributed by atoms with Gasteiger partial charge in [0.05, 0.1) is 16.6 Å². The Bertz CT molecular complexity index is 774. The summed E-state index contributed by atoms with van der Waals surface area (Å²) >= 11 is 11.6. The molecule has 0 fully saturated rings. The monoisotopic (exact) mass is 339 g/mol. The molecule has 3 N–H and O–H groups in total. The van der Waals surface area contributed by atoms with Crippen LogP contribution in [-0.2, 0) is 4.79 Å². The Labute approximate surface area is 135 Å². The molecule has 114 valence electrons. The van der Waals surface area contributed by atoms with Gasteiger partial charge in [-0.1, -0.05) is 23.2 Å². The zero-order valence-corrected chi connectivity index (χ0v) is 12.7. The number of amides is 2. The summed E-state index contributed by atoms with van der Waals surface area (Å²) in [5, 5.41) is 5.39. The van der Waals surface area contributed by atoms with E-state index in [1.807, 2.05) is 0 Å². The second-order valence-electron chi connectivity index (χ2n) is 4.28. The molecule has 0 spiro atoms. The number of halogens is 2. The average molecular weight is 340 g/mol. The number of carbonyl (C=O) groups is 2. The Morgan fingerprint density at radius 1 is 1.14 bits per heavy atom. The molecular formula is C14H11Cl2N3O3. The van der Waals surface area contributed by atoms with Crippen molar-refractivity contribution in [3.63, 3.8) is 0 Å². The Morgan fingerprint density at radius 2 is 1.91 bits per heavy atom. The molecule has 0 atom stereocenters. The van der Waals surface area contributed by atoms with E-state index in [0.29, 0.717) is 5.02 Å². The molecule has 2 amide bonds. The number of pyridine rings is 1. The molecule has 0 aliphatic rings. The number of hydrogen-bond acceptors (Lipinski definition) is 3. The molecule has 22 heavy (non-hydrogen) atoms. The van der Waals surface area contributed by atoms with E-state index in [1.54, 1.807) is 0 Å². The van der Waals surface area contributed by atoms with Gasteiger partial charge in [0.2, 0.25) is 11.3 Å². The zero-order chi connectivity index (χ0) is 16.1. The molecule has 1 aromatic heterocycles. The maximum absolute atomic E-state index is 11.9. The van der Waals surface area contributed by atoms with Crippen LogP contribution < -0.4 is 16.1 Å². The smallest absolute Gasteiger partial charge is 0.251 e. The predicted molar refractivity (Wildman–Crippen MR) is 84.5 cm³/mol. The Morgan fingerprint density at radius 3 is 2.59 bits per heavy atom. The average Bonchev–Trinajstić information content (AvgIpc) is 2.50. The van der Waals surface area contributed by atoms with Crippen molar-refractivity contribution in [1.29, 1.82) is 0 Å². The number of benzene rings is 1. The van der Waals surface area contributed by atoms with Crippen LogP contribution in [0.5, 0.6) is 0 Å². The van der Waals surface area contributed by atoms with Gasteiger partial charge < -0.3 is 15.6 Å². The van der Waals surface area contributed by atoms with Crippen molar-refractivity contribution in [3.05, 3.63) is 62.5 Å². The fraction of sp³-hybridized carbons (Fsp3) is 0.0714. The Kier molecular flexibility index (Phi) is 5.19. The summed E-state index contributed by atoms with van der Waals surface area (Å²) in [6.07, 6.45) is 2.81. The maximum atomic E-state index is 11.9. The van der Waals surface area contributed by atoms with Gasteiger partial charge in [0.15, 0.2) is 0 Å². The van der Waals surface area contributed by atoms with Crippen molar-refractivity contribution < 1.29 is 9.59 Å². The second-order valence-corrected chi connectivity index (χ2v) is 5.10. The zero-order valence-electron chi connectivity index (χ0n) is 11.2. The van der Waals surface area contributed by atoms with Gasteiger partial charge in [0.25, 0.3) is 5.91 Å². The molecule has 0 aliphatic carbocycles. The molecule has 0 saturated carbocycles. The first-order chi connectivity index (χ1) is 10.5. The summed E-state index contributed by atoms with van der Waals surface area (Å²) in [4.78, 5) is 37.7. The van der Waals surface area contributed by atoms with Crippen LogP contribution in [0.3, 0.4) is 0 Å². The van der Waals surface area contributed by atoms with Crippen LogP contribution in [0.25, 0.3) is 0 Å². The molecule has 0 bridgehead atoms. The molecule has 2 aromatic rings. The van der Waals surface area contributed by atoms with E-state index in [0.717, 1.165) is 0 Å². The lowest BCUT2D eigenvalue weighted by atomic mass is 10.2. The van der Waals surface area contributed by atoms with Gasteiger partial charge in [-0.05, 0) is 18.2 Å². The van der Waals surface area contributed by atoms with Crippen molar-refractivity contribution >= 4 is 40.7 Å². The first kappa shape index (κ1) is 16.1. The fourth-order valence-electron chi connectivity index (χ4n) is 1.61. The van der Waals surface area contributed by atoms with Gasteiger partial charge in [-0.25, -0.2) is 0 Å². The summed E-state index contributed by atoms with van der Waals surface area (Å²) in [6.45, 7) is -0.284. The summed E-state index contributed by atoms with van der Waals surface area (Å²) in [5.74, 6) is -0.999. The van der Waals surface area contributed by atoms with Crippen molar-refractivity contribution in [1.82, 2.24) is 10.3 Å². The minimum Gasteiger partial charge on any atom is -0.366 e. The van der Waals surface area contributed by atoms with Crippen LogP contribution in [0, 0.1) is 0 Å². The van der Waals surface area contributed by atoms with Crippen LogP contribution in [0.15, 0.2) is 41.5 Å². The van der Waals surface area contributed by atoms with Crippen LogP contribution in [0.4, 0.5) is 5.69 Å². The highest BCUT2D eigenvalue weighted by atomic mass is 35.5. The minimum absolute atomic E-state index is 0.108. The number of aromatic nitrogens is 1. The molecule has 8 heteroatoms. The van der Waals surface area contributed by atoms with E-state index in [4.69, 9.17) is 23.2 Å². The van der Waals surface area contributed by atoms with Crippen LogP contribution in [-0.4, -0.2) is 23.3 Å². The molecule has 2 rings (SSSR count). The van der Waals surface area contributed by atoms with Crippen LogP contribution in [0.1, 0.15) is 10.4 Å². The van der Waals surface area contributed by atoms with E-state index in [9.17, 15) is 14.4 Å². The minimum atomic E-state index is -0.523. The van der Waals surface area contributed by atoms with Crippen molar-refractivity contribution in [2.45, 2.75) is 0 Å². The lowest BCUT2D eigenvalue weighted by Gasteiger charge is -2.07. The van der Waals surface area contributed by atoms with Crippen LogP contribution >= 0.6 is 23.2 Å². The number of anilines is 1. The van der Waals surface area contributed by atoms with Crippen molar-refractivity contribution in [2.75, 3.05) is 11.9 Å². The number of H-pyrrole nitrogens is 1. The third-order valence-electron chi connectivity index (χ3n) is 2.69. The summed E-state index contributed by atoms with van der Waals surface area (Å²) in [6, 6.07) is 5.66. The fourth-order valence-corrected chi connectivity index (χ4v) is 1.91. The quantitative estimate of drug-likeness (QED) is 0.796. The Balaban J connectivity index is 1.93. The van der Waals surface area contributed by atoms with Gasteiger partial charge >= 0.3 is 0 Å². The van der Waals surface area contributed by atoms with Crippen molar-refractivity contribution in [3.8, 4) is 0 Å². The van der Waals surface area contributed by atoms with Gasteiger partial charge in [-0.15, -0.1) is 0 Å². The van der Waals surface area contributed by atoms with E-state index in [1.165, 1.54) is 36.7 Å². The molecule has 6 nitrogen and oxygen atoms in total. The maximum Gasteiger partial charge on any atom is 0.251 e. The highest BCUT2D eigenvalue weighted by Gasteiger charge is 2.10. The molecule has 0 unspecified atom stereocenters. The van der Waals surface area contributed by atoms with Crippen molar-refractivity contribution in [2.24, 2.45) is 0 Å². The number of aromatic amines is 1. The van der Waals surface area contributed by atoms with E-state index in [2.05, 4.69) is 15.6 Å².